The largest absolute Gasteiger partial charge is 0.490 e. The second-order valence-electron chi connectivity index (χ2n) is 6.09. The Kier molecular flexibility index (Phi) is 7.65. The van der Waals surface area contributed by atoms with Crippen molar-refractivity contribution in [2.75, 3.05) is 13.2 Å². The number of aromatic nitrogens is 2. The Hall–Kier alpha value is -1.07. The second-order valence-corrected chi connectivity index (χ2v) is 10.5. The van der Waals surface area contributed by atoms with Gasteiger partial charge in [0, 0.05) is 18.8 Å². The number of rotatable bonds is 9. The Morgan fingerprint density at radius 2 is 1.74 bits per heavy atom. The van der Waals surface area contributed by atoms with Gasteiger partial charge in [0.1, 0.15) is 17.8 Å². The first-order chi connectivity index (χ1) is 14.0. The van der Waals surface area contributed by atoms with Gasteiger partial charge in [0.2, 0.25) is 0 Å². The van der Waals surface area contributed by atoms with E-state index < -0.39 is 71.9 Å². The van der Waals surface area contributed by atoms with Crippen LogP contribution in [0.25, 0.3) is 0 Å². The number of phosphoric acid groups is 3. The molecule has 1 aliphatic rings. The van der Waals surface area contributed by atoms with Crippen molar-refractivity contribution >= 4 is 23.5 Å². The third kappa shape index (κ3) is 6.47. The molecule has 21 heteroatoms. The summed E-state index contributed by atoms with van der Waals surface area (Å²) in [6.45, 7) is -1.88. The van der Waals surface area contributed by atoms with Crippen LogP contribution in [0.5, 0.6) is 0 Å². The van der Waals surface area contributed by atoms with E-state index in [1.165, 1.54) is 0 Å². The van der Waals surface area contributed by atoms with Crippen LogP contribution in [0.1, 0.15) is 6.23 Å². The maximum atomic E-state index is 11.9. The van der Waals surface area contributed by atoms with E-state index in [1.54, 1.807) is 0 Å². The average Bonchev–Trinajstić information content (AvgIpc) is 2.82. The lowest BCUT2D eigenvalue weighted by atomic mass is 9.96. The summed E-state index contributed by atoms with van der Waals surface area (Å²) in [5.74, 6) is 0. The predicted molar refractivity (Wildman–Crippen MR) is 95.1 cm³/mol. The number of ether oxygens (including phenoxy) is 1. The Morgan fingerprint density at radius 3 is 2.26 bits per heavy atom. The first kappa shape index (κ1) is 26.2. The summed E-state index contributed by atoms with van der Waals surface area (Å²) < 4.78 is 51.4. The number of H-pyrrole nitrogens is 1. The Labute approximate surface area is 171 Å². The van der Waals surface area contributed by atoms with Gasteiger partial charge >= 0.3 is 29.2 Å². The third-order valence-corrected chi connectivity index (χ3v) is 7.65. The van der Waals surface area contributed by atoms with Crippen molar-refractivity contribution in [1.82, 2.24) is 9.55 Å². The molecule has 0 saturated carbocycles. The topological polar surface area (TPSA) is 290 Å². The molecular formula is C10H18N3O15P3. The van der Waals surface area contributed by atoms with E-state index in [1.807, 2.05) is 4.98 Å². The van der Waals surface area contributed by atoms with E-state index >= 15 is 0 Å². The summed E-state index contributed by atoms with van der Waals surface area (Å²) in [5, 5.41) is 20.5. The van der Waals surface area contributed by atoms with Gasteiger partial charge in [-0.15, -0.1) is 0 Å². The molecule has 1 aliphatic heterocycles. The number of nitrogens with zero attached hydrogens (tertiary/aromatic N) is 1. The van der Waals surface area contributed by atoms with E-state index in [2.05, 4.69) is 13.1 Å². The van der Waals surface area contributed by atoms with Crippen LogP contribution in [0.2, 0.25) is 0 Å². The maximum Gasteiger partial charge on any atom is 0.490 e. The molecule has 0 amide bonds. The minimum atomic E-state index is -5.79. The molecule has 2 heterocycles. The van der Waals surface area contributed by atoms with Crippen molar-refractivity contribution < 1.29 is 61.4 Å². The highest BCUT2D eigenvalue weighted by Gasteiger charge is 2.56. The zero-order chi connectivity index (χ0) is 23.8. The van der Waals surface area contributed by atoms with Gasteiger partial charge in [0.25, 0.3) is 5.56 Å². The molecule has 2 rings (SSSR count). The number of hydrogen-bond donors (Lipinski definition) is 8. The summed E-state index contributed by atoms with van der Waals surface area (Å²) >= 11 is 0. The fraction of sp³-hybridized carbons (Fsp3) is 0.600. The van der Waals surface area contributed by atoms with Gasteiger partial charge in [-0.3, -0.25) is 18.9 Å². The van der Waals surface area contributed by atoms with Crippen LogP contribution in [-0.2, 0) is 31.6 Å². The number of nitrogens with one attached hydrogen (secondary N) is 1. The quantitative estimate of drug-likeness (QED) is 0.151. The zero-order valence-corrected chi connectivity index (χ0v) is 17.7. The number of aliphatic hydroxyl groups is 2. The number of aromatic amines is 1. The Morgan fingerprint density at radius 1 is 1.13 bits per heavy atom. The van der Waals surface area contributed by atoms with Crippen LogP contribution < -0.4 is 17.0 Å². The summed E-state index contributed by atoms with van der Waals surface area (Å²) in [7, 11) is -17.0. The lowest BCUT2D eigenvalue weighted by molar-refractivity contribution is -0.121. The summed E-state index contributed by atoms with van der Waals surface area (Å²) in [4.78, 5) is 60.6. The van der Waals surface area contributed by atoms with Crippen molar-refractivity contribution in [3.8, 4) is 0 Å². The van der Waals surface area contributed by atoms with Crippen molar-refractivity contribution in [2.45, 2.75) is 24.0 Å². The first-order valence-electron chi connectivity index (χ1n) is 7.85. The first-order valence-corrected chi connectivity index (χ1v) is 12.4. The second kappa shape index (κ2) is 9.05. The fourth-order valence-electron chi connectivity index (χ4n) is 2.54. The average molecular weight is 513 g/mol. The molecule has 9 N–H and O–H groups in total. The van der Waals surface area contributed by atoms with Crippen molar-refractivity contribution in [3.63, 3.8) is 0 Å². The number of nitrogens with two attached hydrogens (primary N) is 1. The summed E-state index contributed by atoms with van der Waals surface area (Å²) in [6.07, 6.45) is -4.53. The monoisotopic (exact) mass is 513 g/mol. The van der Waals surface area contributed by atoms with Crippen molar-refractivity contribution in [2.24, 2.45) is 5.73 Å². The fourth-order valence-corrected chi connectivity index (χ4v) is 5.61. The number of hydrogen-bond acceptors (Lipinski definition) is 12. The van der Waals surface area contributed by atoms with Gasteiger partial charge in [0.05, 0.1) is 6.61 Å². The maximum absolute atomic E-state index is 11.9. The minimum Gasteiger partial charge on any atom is -0.387 e. The molecule has 2 unspecified atom stereocenters. The van der Waals surface area contributed by atoms with Crippen LogP contribution in [0.4, 0.5) is 0 Å². The molecule has 0 aromatic carbocycles. The predicted octanol–water partition coefficient (Wildman–Crippen LogP) is -3.17. The number of phosphoric ester groups is 1. The van der Waals surface area contributed by atoms with Gasteiger partial charge in [-0.1, -0.05) is 0 Å². The van der Waals surface area contributed by atoms with Crippen molar-refractivity contribution in [3.05, 3.63) is 33.1 Å². The Balaban J connectivity index is 2.21. The molecule has 18 nitrogen and oxygen atoms in total. The smallest absolute Gasteiger partial charge is 0.387 e. The lowest BCUT2D eigenvalue weighted by Crippen LogP contribution is -2.52. The zero-order valence-electron chi connectivity index (χ0n) is 15.0. The Bertz CT molecular complexity index is 1060. The molecule has 0 aliphatic carbocycles. The third-order valence-electron chi connectivity index (χ3n) is 3.87. The van der Waals surface area contributed by atoms with Crippen LogP contribution in [-0.4, -0.2) is 70.3 Å². The van der Waals surface area contributed by atoms with Gasteiger partial charge in [-0.2, -0.15) is 8.62 Å². The highest BCUT2D eigenvalue weighted by Crippen LogP contribution is 2.66. The highest BCUT2D eigenvalue weighted by atomic mass is 31.3. The van der Waals surface area contributed by atoms with Crippen LogP contribution in [0.15, 0.2) is 21.9 Å². The molecule has 0 bridgehead atoms. The minimum absolute atomic E-state index is 0.678. The standard InChI is InChI=1S/C10H18N3O15P3/c11-3-10(4-25-30(21,22)28-31(23,24)27-29(18,19)20)7(16)6(15)8(26-10)13-2-1-5(14)12-9(13)17/h1-2,6-8,15-16H,3-4,11H2,(H,21,22)(H,23,24)(H,12,14,17)(H2,18,19,20)/t6-,7+,8-,10-/m1/s1. The van der Waals surface area contributed by atoms with Gasteiger partial charge in [0.15, 0.2) is 6.23 Å². The van der Waals surface area contributed by atoms with E-state index in [9.17, 15) is 38.4 Å². The van der Waals surface area contributed by atoms with E-state index in [4.69, 9.17) is 25.2 Å². The van der Waals surface area contributed by atoms with Crippen LogP contribution in [0.3, 0.4) is 0 Å². The van der Waals surface area contributed by atoms with Crippen LogP contribution >= 0.6 is 23.5 Å². The normalized spacial score (nSPS) is 30.6. The van der Waals surface area contributed by atoms with Crippen LogP contribution in [0, 0.1) is 0 Å². The molecule has 1 fully saturated rings. The molecule has 1 aromatic rings. The van der Waals surface area contributed by atoms with E-state index in [0.717, 1.165) is 12.3 Å². The summed E-state index contributed by atoms with van der Waals surface area (Å²) in [6, 6.07) is 0.901. The van der Waals surface area contributed by atoms with Crippen molar-refractivity contribution in [1.29, 1.82) is 0 Å². The molecule has 6 atom stereocenters. The SMILES string of the molecule is NC[C@]1(COP(=O)(O)OP(=O)(O)OP(=O)(O)O)O[C@@H](n2ccc(=O)[nH]c2=O)[C@H](O)[C@@H]1O. The van der Waals surface area contributed by atoms with Gasteiger partial charge < -0.3 is 40.3 Å². The van der Waals surface area contributed by atoms with E-state index in [0.29, 0.717) is 4.57 Å². The molecule has 31 heavy (non-hydrogen) atoms. The molecular weight excluding hydrogens is 495 g/mol. The molecule has 1 saturated heterocycles. The molecule has 1 aromatic heterocycles. The lowest BCUT2D eigenvalue weighted by Gasteiger charge is -2.30. The molecule has 0 spiro atoms. The van der Waals surface area contributed by atoms with Gasteiger partial charge in [-0.25, -0.2) is 18.5 Å². The highest BCUT2D eigenvalue weighted by molar-refractivity contribution is 7.66. The van der Waals surface area contributed by atoms with Gasteiger partial charge in [-0.05, 0) is 0 Å². The number of aliphatic hydroxyl groups excluding tert-OH is 2. The van der Waals surface area contributed by atoms with E-state index in [-0.39, 0.29) is 0 Å². The molecule has 0 radical (unpaired) electrons. The molecule has 178 valence electrons. The summed E-state index contributed by atoms with van der Waals surface area (Å²) in [5.41, 5.74) is 1.51.